The number of carbonyl (C=O) groups excluding carboxylic acids is 3. The highest BCUT2D eigenvalue weighted by Crippen LogP contribution is 2.18. The number of benzene rings is 1. The van der Waals surface area contributed by atoms with Crippen molar-refractivity contribution >= 4 is 29.2 Å². The van der Waals surface area contributed by atoms with E-state index in [1.807, 2.05) is 0 Å². The summed E-state index contributed by atoms with van der Waals surface area (Å²) in [6.07, 6.45) is 5.97. The summed E-state index contributed by atoms with van der Waals surface area (Å²) in [6.45, 7) is 1.78. The van der Waals surface area contributed by atoms with Crippen molar-refractivity contribution in [2.24, 2.45) is 0 Å². The highest BCUT2D eigenvalue weighted by molar-refractivity contribution is 5.92. The van der Waals surface area contributed by atoms with E-state index in [0.29, 0.717) is 5.69 Å². The van der Waals surface area contributed by atoms with Gasteiger partial charge in [-0.25, -0.2) is 4.79 Å². The molecule has 26 heavy (non-hydrogen) atoms. The van der Waals surface area contributed by atoms with E-state index in [1.165, 1.54) is 31.1 Å². The number of rotatable bonds is 6. The molecule has 0 aromatic heterocycles. The minimum Gasteiger partial charge on any atom is -0.353 e. The molecular formula is C19H28N4O3. The van der Waals surface area contributed by atoms with Crippen molar-refractivity contribution in [3.8, 4) is 0 Å². The van der Waals surface area contributed by atoms with E-state index in [0.717, 1.165) is 18.5 Å². The smallest absolute Gasteiger partial charge is 0.319 e. The van der Waals surface area contributed by atoms with E-state index in [1.54, 1.807) is 31.3 Å². The molecule has 3 N–H and O–H groups in total. The quantitative estimate of drug-likeness (QED) is 0.728. The molecule has 4 amide bonds. The average molecular weight is 360 g/mol. The summed E-state index contributed by atoms with van der Waals surface area (Å²) in [5, 5.41) is 8.41. The van der Waals surface area contributed by atoms with Crippen LogP contribution in [0.5, 0.6) is 0 Å². The molecule has 0 unspecified atom stereocenters. The molecule has 0 spiro atoms. The third-order valence-corrected chi connectivity index (χ3v) is 4.59. The lowest BCUT2D eigenvalue weighted by Crippen LogP contribution is -2.38. The maximum absolute atomic E-state index is 11.9. The minimum atomic E-state index is -0.358. The maximum atomic E-state index is 11.9. The summed E-state index contributed by atoms with van der Waals surface area (Å²) in [4.78, 5) is 36.6. The van der Waals surface area contributed by atoms with Crippen LogP contribution in [0, 0.1) is 0 Å². The molecule has 1 saturated carbocycles. The fourth-order valence-electron chi connectivity index (χ4n) is 2.96. The largest absolute Gasteiger partial charge is 0.353 e. The van der Waals surface area contributed by atoms with Crippen molar-refractivity contribution in [3.05, 3.63) is 24.3 Å². The Labute approximate surface area is 154 Å². The van der Waals surface area contributed by atoms with Crippen molar-refractivity contribution in [1.29, 1.82) is 0 Å². The van der Waals surface area contributed by atoms with Gasteiger partial charge in [0.1, 0.15) is 0 Å². The summed E-state index contributed by atoms with van der Waals surface area (Å²) in [5.41, 5.74) is 1.37. The van der Waals surface area contributed by atoms with E-state index in [-0.39, 0.29) is 36.9 Å². The number of hydrogen-bond acceptors (Lipinski definition) is 3. The van der Waals surface area contributed by atoms with Crippen LogP contribution in [-0.2, 0) is 9.59 Å². The van der Waals surface area contributed by atoms with Crippen LogP contribution in [0.4, 0.5) is 16.2 Å². The zero-order valence-electron chi connectivity index (χ0n) is 15.5. The third-order valence-electron chi connectivity index (χ3n) is 4.59. The second kappa shape index (κ2) is 9.79. The Morgan fingerprint density at radius 3 is 2.35 bits per heavy atom. The minimum absolute atomic E-state index is 0.0196. The molecular weight excluding hydrogens is 332 g/mol. The number of nitrogens with zero attached hydrogens (tertiary/aromatic N) is 1. The number of hydrogen-bond donors (Lipinski definition) is 3. The predicted molar refractivity (Wildman–Crippen MR) is 102 cm³/mol. The number of urea groups is 1. The fourth-order valence-corrected chi connectivity index (χ4v) is 2.96. The lowest BCUT2D eigenvalue weighted by atomic mass is 9.95. The Morgan fingerprint density at radius 2 is 1.73 bits per heavy atom. The molecule has 7 heteroatoms. The molecule has 0 aliphatic heterocycles. The molecule has 0 radical (unpaired) electrons. The van der Waals surface area contributed by atoms with E-state index >= 15 is 0 Å². The number of carbonyl (C=O) groups is 3. The summed E-state index contributed by atoms with van der Waals surface area (Å²) in [7, 11) is 1.69. The van der Waals surface area contributed by atoms with Crippen LogP contribution in [-0.4, -0.2) is 37.5 Å². The molecule has 1 aromatic carbocycles. The van der Waals surface area contributed by atoms with Crippen molar-refractivity contribution in [1.82, 2.24) is 10.6 Å². The molecule has 0 bridgehead atoms. The molecule has 0 saturated heterocycles. The molecule has 1 aliphatic carbocycles. The van der Waals surface area contributed by atoms with E-state index < -0.39 is 0 Å². The molecule has 1 aromatic rings. The van der Waals surface area contributed by atoms with Crippen LogP contribution in [0.1, 0.15) is 45.4 Å². The molecule has 1 aliphatic rings. The lowest BCUT2D eigenvalue weighted by molar-refractivity contribution is -0.122. The third kappa shape index (κ3) is 6.38. The molecule has 2 rings (SSSR count). The zero-order chi connectivity index (χ0) is 18.9. The summed E-state index contributed by atoms with van der Waals surface area (Å²) in [6, 6.07) is 6.90. The first kappa shape index (κ1) is 19.8. The first-order chi connectivity index (χ1) is 12.5. The topological polar surface area (TPSA) is 90.5 Å². The Kier molecular flexibility index (Phi) is 7.44. The predicted octanol–water partition coefficient (Wildman–Crippen LogP) is 2.63. The lowest BCUT2D eigenvalue weighted by Gasteiger charge is -2.22. The van der Waals surface area contributed by atoms with Crippen LogP contribution in [0.2, 0.25) is 0 Å². The van der Waals surface area contributed by atoms with Crippen molar-refractivity contribution in [2.75, 3.05) is 23.8 Å². The second-order valence-corrected chi connectivity index (χ2v) is 6.66. The van der Waals surface area contributed by atoms with Crippen LogP contribution in [0.3, 0.4) is 0 Å². The van der Waals surface area contributed by atoms with Gasteiger partial charge in [-0.05, 0) is 37.1 Å². The van der Waals surface area contributed by atoms with Gasteiger partial charge in [-0.3, -0.25) is 9.59 Å². The standard InChI is InChI=1S/C19H28N4O3/c1-14(24)23(2)17-10-8-16(9-11-17)22-19(26)20-13-12-18(25)21-15-6-4-3-5-7-15/h8-11,15H,3-7,12-13H2,1-2H3,(H,21,25)(H2,20,22,26). The molecule has 7 nitrogen and oxygen atoms in total. The van der Waals surface area contributed by atoms with Crippen LogP contribution >= 0.6 is 0 Å². The number of nitrogens with one attached hydrogen (secondary N) is 3. The van der Waals surface area contributed by atoms with Gasteiger partial charge < -0.3 is 20.9 Å². The van der Waals surface area contributed by atoms with Gasteiger partial charge in [0.25, 0.3) is 0 Å². The summed E-state index contributed by atoms with van der Waals surface area (Å²) < 4.78 is 0. The Balaban J connectivity index is 1.68. The normalized spacial score (nSPS) is 14.4. The van der Waals surface area contributed by atoms with Crippen LogP contribution in [0.25, 0.3) is 0 Å². The van der Waals surface area contributed by atoms with E-state index in [9.17, 15) is 14.4 Å². The monoisotopic (exact) mass is 360 g/mol. The van der Waals surface area contributed by atoms with Gasteiger partial charge in [0.15, 0.2) is 0 Å². The van der Waals surface area contributed by atoms with Gasteiger partial charge in [0.05, 0.1) is 0 Å². The first-order valence-corrected chi connectivity index (χ1v) is 9.14. The highest BCUT2D eigenvalue weighted by atomic mass is 16.2. The van der Waals surface area contributed by atoms with E-state index in [4.69, 9.17) is 0 Å². The van der Waals surface area contributed by atoms with Crippen molar-refractivity contribution in [2.45, 2.75) is 51.5 Å². The highest BCUT2D eigenvalue weighted by Gasteiger charge is 2.15. The number of amides is 4. The second-order valence-electron chi connectivity index (χ2n) is 6.66. The number of anilines is 2. The van der Waals surface area contributed by atoms with Gasteiger partial charge in [-0.1, -0.05) is 19.3 Å². The van der Waals surface area contributed by atoms with Gasteiger partial charge in [0, 0.05) is 44.4 Å². The van der Waals surface area contributed by atoms with E-state index in [2.05, 4.69) is 16.0 Å². The molecule has 0 atom stereocenters. The van der Waals surface area contributed by atoms with Gasteiger partial charge in [0.2, 0.25) is 11.8 Å². The fraction of sp³-hybridized carbons (Fsp3) is 0.526. The summed E-state index contributed by atoms with van der Waals surface area (Å²) in [5.74, 6) is -0.0798. The Morgan fingerprint density at radius 1 is 1.08 bits per heavy atom. The molecule has 142 valence electrons. The van der Waals surface area contributed by atoms with Gasteiger partial charge in [-0.2, -0.15) is 0 Å². The van der Waals surface area contributed by atoms with Gasteiger partial charge >= 0.3 is 6.03 Å². The maximum Gasteiger partial charge on any atom is 0.319 e. The first-order valence-electron chi connectivity index (χ1n) is 9.14. The molecule has 1 fully saturated rings. The van der Waals surface area contributed by atoms with Gasteiger partial charge in [-0.15, -0.1) is 0 Å². The Bertz CT molecular complexity index is 624. The average Bonchev–Trinajstić information content (AvgIpc) is 2.62. The summed E-state index contributed by atoms with van der Waals surface area (Å²) >= 11 is 0. The zero-order valence-corrected chi connectivity index (χ0v) is 15.5. The molecule has 0 heterocycles. The SMILES string of the molecule is CC(=O)N(C)c1ccc(NC(=O)NCCC(=O)NC2CCCCC2)cc1. The Hall–Kier alpha value is -2.57. The van der Waals surface area contributed by atoms with Crippen LogP contribution < -0.4 is 20.9 Å². The van der Waals surface area contributed by atoms with Crippen molar-refractivity contribution < 1.29 is 14.4 Å². The van der Waals surface area contributed by atoms with Crippen molar-refractivity contribution in [3.63, 3.8) is 0 Å². The van der Waals surface area contributed by atoms with Crippen LogP contribution in [0.15, 0.2) is 24.3 Å².